The third-order valence-corrected chi connectivity index (χ3v) is 3.00. The number of anilines is 1. The lowest BCUT2D eigenvalue weighted by Crippen LogP contribution is -2.13. The van der Waals surface area contributed by atoms with Gasteiger partial charge in [-0.15, -0.1) is 0 Å². The van der Waals surface area contributed by atoms with E-state index in [-0.39, 0.29) is 5.91 Å². The fourth-order valence-corrected chi connectivity index (χ4v) is 1.98. The van der Waals surface area contributed by atoms with E-state index in [0.29, 0.717) is 17.0 Å². The number of nitrogens with one attached hydrogen (secondary N) is 1. The molecule has 2 aromatic carbocycles. The van der Waals surface area contributed by atoms with Gasteiger partial charge in [0.2, 0.25) is 0 Å². The molecule has 0 saturated heterocycles. The predicted molar refractivity (Wildman–Crippen MR) is 73.1 cm³/mol. The highest BCUT2D eigenvalue weighted by Crippen LogP contribution is 2.22. The van der Waals surface area contributed by atoms with Crippen molar-refractivity contribution in [1.29, 1.82) is 0 Å². The molecule has 1 heterocycles. The topological polar surface area (TPSA) is 55.1 Å². The van der Waals surface area contributed by atoms with Crippen molar-refractivity contribution >= 4 is 22.7 Å². The Morgan fingerprint density at radius 1 is 1.11 bits per heavy atom. The van der Waals surface area contributed by atoms with Crippen molar-refractivity contribution in [1.82, 2.24) is 5.16 Å². The molecular weight excluding hydrogens is 240 g/mol. The number of aryl methyl sites for hydroxylation is 1. The molecule has 0 saturated carbocycles. The van der Waals surface area contributed by atoms with E-state index in [1.807, 2.05) is 49.4 Å². The number of carbonyl (C=O) groups excluding carboxylic acids is 1. The number of para-hydroxylation sites is 1. The van der Waals surface area contributed by atoms with Crippen LogP contribution in [0.1, 0.15) is 15.9 Å². The SMILES string of the molecule is Cc1ccccc1C(=O)Nc1noc2ccccc12. The first-order valence-corrected chi connectivity index (χ1v) is 5.97. The number of nitrogens with zero attached hydrogens (tertiary/aromatic N) is 1. The van der Waals surface area contributed by atoms with Gasteiger partial charge < -0.3 is 9.84 Å². The third kappa shape index (κ3) is 2.08. The molecule has 4 heteroatoms. The van der Waals surface area contributed by atoms with Gasteiger partial charge >= 0.3 is 0 Å². The molecule has 0 aliphatic rings. The number of amides is 1. The fraction of sp³-hybridized carbons (Fsp3) is 0.0667. The van der Waals surface area contributed by atoms with E-state index in [1.165, 1.54) is 0 Å². The summed E-state index contributed by atoms with van der Waals surface area (Å²) in [5, 5.41) is 7.46. The first kappa shape index (κ1) is 11.5. The normalized spacial score (nSPS) is 10.6. The van der Waals surface area contributed by atoms with Crippen LogP contribution in [0.4, 0.5) is 5.82 Å². The van der Waals surface area contributed by atoms with E-state index in [1.54, 1.807) is 6.07 Å². The molecule has 0 spiro atoms. The van der Waals surface area contributed by atoms with Crippen LogP contribution in [0.3, 0.4) is 0 Å². The van der Waals surface area contributed by atoms with E-state index >= 15 is 0 Å². The van der Waals surface area contributed by atoms with Crippen molar-refractivity contribution in [3.63, 3.8) is 0 Å². The van der Waals surface area contributed by atoms with Crippen LogP contribution in [0.25, 0.3) is 11.0 Å². The minimum absolute atomic E-state index is 0.183. The second-order valence-electron chi connectivity index (χ2n) is 4.30. The lowest BCUT2D eigenvalue weighted by molar-refractivity contribution is 0.102. The number of carbonyl (C=O) groups is 1. The average molecular weight is 252 g/mol. The van der Waals surface area contributed by atoms with Gasteiger partial charge in [0.05, 0.1) is 5.39 Å². The van der Waals surface area contributed by atoms with Crippen molar-refractivity contribution in [2.75, 3.05) is 5.32 Å². The average Bonchev–Trinajstić information content (AvgIpc) is 2.83. The van der Waals surface area contributed by atoms with Gasteiger partial charge in [0.25, 0.3) is 5.91 Å². The van der Waals surface area contributed by atoms with Gasteiger partial charge in [-0.1, -0.05) is 35.5 Å². The molecule has 0 fully saturated rings. The number of hydrogen-bond donors (Lipinski definition) is 1. The van der Waals surface area contributed by atoms with Gasteiger partial charge in [-0.05, 0) is 30.7 Å². The molecule has 94 valence electrons. The zero-order chi connectivity index (χ0) is 13.2. The molecule has 1 N–H and O–H groups in total. The summed E-state index contributed by atoms with van der Waals surface area (Å²) in [6.07, 6.45) is 0. The summed E-state index contributed by atoms with van der Waals surface area (Å²) in [6.45, 7) is 1.90. The smallest absolute Gasteiger partial charge is 0.257 e. The fourth-order valence-electron chi connectivity index (χ4n) is 1.98. The Balaban J connectivity index is 1.94. The lowest BCUT2D eigenvalue weighted by atomic mass is 10.1. The monoisotopic (exact) mass is 252 g/mol. The largest absolute Gasteiger partial charge is 0.354 e. The first-order valence-electron chi connectivity index (χ1n) is 5.97. The molecule has 3 aromatic rings. The number of benzene rings is 2. The van der Waals surface area contributed by atoms with E-state index in [9.17, 15) is 4.79 Å². The molecule has 0 radical (unpaired) electrons. The molecule has 19 heavy (non-hydrogen) atoms. The summed E-state index contributed by atoms with van der Waals surface area (Å²) < 4.78 is 5.15. The van der Waals surface area contributed by atoms with E-state index in [0.717, 1.165) is 10.9 Å². The van der Waals surface area contributed by atoms with Crippen LogP contribution >= 0.6 is 0 Å². The highest BCUT2D eigenvalue weighted by atomic mass is 16.5. The minimum atomic E-state index is -0.183. The summed E-state index contributed by atoms with van der Waals surface area (Å²) in [5.41, 5.74) is 2.21. The van der Waals surface area contributed by atoms with Crippen LogP contribution in [0.2, 0.25) is 0 Å². The molecule has 0 atom stereocenters. The summed E-state index contributed by atoms with van der Waals surface area (Å²) in [7, 11) is 0. The molecule has 0 bridgehead atoms. The standard InChI is InChI=1S/C15H12N2O2/c1-10-6-2-3-7-11(10)15(18)16-14-12-8-4-5-9-13(12)19-17-14/h2-9H,1H3,(H,16,17,18). The zero-order valence-electron chi connectivity index (χ0n) is 10.4. The van der Waals surface area contributed by atoms with Gasteiger partial charge in [-0.2, -0.15) is 0 Å². The van der Waals surface area contributed by atoms with Gasteiger partial charge in [-0.3, -0.25) is 4.79 Å². The third-order valence-electron chi connectivity index (χ3n) is 3.00. The predicted octanol–water partition coefficient (Wildman–Crippen LogP) is 3.39. The summed E-state index contributed by atoms with van der Waals surface area (Å²) in [4.78, 5) is 12.2. The van der Waals surface area contributed by atoms with Crippen LogP contribution in [-0.4, -0.2) is 11.1 Å². The zero-order valence-corrected chi connectivity index (χ0v) is 10.4. The molecule has 3 rings (SSSR count). The van der Waals surface area contributed by atoms with Gasteiger partial charge in [-0.25, -0.2) is 0 Å². The maximum absolute atomic E-state index is 12.2. The van der Waals surface area contributed by atoms with Crippen molar-refractivity contribution in [3.8, 4) is 0 Å². The molecule has 0 unspecified atom stereocenters. The van der Waals surface area contributed by atoms with Crippen molar-refractivity contribution in [2.24, 2.45) is 0 Å². The second kappa shape index (κ2) is 4.57. The molecule has 4 nitrogen and oxygen atoms in total. The van der Waals surface area contributed by atoms with E-state index in [4.69, 9.17) is 4.52 Å². The highest BCUT2D eigenvalue weighted by Gasteiger charge is 2.13. The number of rotatable bonds is 2. The lowest BCUT2D eigenvalue weighted by Gasteiger charge is -2.04. The van der Waals surface area contributed by atoms with Gasteiger partial charge in [0.1, 0.15) is 0 Å². The Morgan fingerprint density at radius 3 is 2.68 bits per heavy atom. The van der Waals surface area contributed by atoms with Crippen LogP contribution in [0.5, 0.6) is 0 Å². The van der Waals surface area contributed by atoms with Crippen LogP contribution in [-0.2, 0) is 0 Å². The molecule has 1 aromatic heterocycles. The number of fused-ring (bicyclic) bond motifs is 1. The first-order chi connectivity index (χ1) is 9.25. The van der Waals surface area contributed by atoms with E-state index < -0.39 is 0 Å². The summed E-state index contributed by atoms with van der Waals surface area (Å²) in [5.74, 6) is 0.265. The number of aromatic nitrogens is 1. The maximum atomic E-state index is 12.2. The van der Waals surface area contributed by atoms with Gasteiger partial charge in [0.15, 0.2) is 11.4 Å². The summed E-state index contributed by atoms with van der Waals surface area (Å²) >= 11 is 0. The summed E-state index contributed by atoms with van der Waals surface area (Å²) in [6, 6.07) is 14.8. The van der Waals surface area contributed by atoms with Crippen LogP contribution in [0.15, 0.2) is 53.1 Å². The van der Waals surface area contributed by atoms with Crippen molar-refractivity contribution < 1.29 is 9.32 Å². The van der Waals surface area contributed by atoms with Crippen LogP contribution < -0.4 is 5.32 Å². The van der Waals surface area contributed by atoms with Gasteiger partial charge in [0, 0.05) is 5.56 Å². The molecular formula is C15H12N2O2. The number of hydrogen-bond acceptors (Lipinski definition) is 3. The Hall–Kier alpha value is -2.62. The Kier molecular flexibility index (Phi) is 2.76. The Labute approximate surface area is 110 Å². The van der Waals surface area contributed by atoms with E-state index in [2.05, 4.69) is 10.5 Å². The second-order valence-corrected chi connectivity index (χ2v) is 4.30. The van der Waals surface area contributed by atoms with Crippen molar-refractivity contribution in [2.45, 2.75) is 6.92 Å². The maximum Gasteiger partial charge on any atom is 0.257 e. The Bertz CT molecular complexity index is 746. The molecule has 1 amide bonds. The highest BCUT2D eigenvalue weighted by molar-refractivity contribution is 6.08. The van der Waals surface area contributed by atoms with Crippen LogP contribution in [0, 0.1) is 6.92 Å². The Morgan fingerprint density at radius 2 is 1.84 bits per heavy atom. The minimum Gasteiger partial charge on any atom is -0.354 e. The van der Waals surface area contributed by atoms with Crippen molar-refractivity contribution in [3.05, 3.63) is 59.7 Å². The molecule has 0 aliphatic carbocycles. The quantitative estimate of drug-likeness (QED) is 0.760. The molecule has 0 aliphatic heterocycles.